The van der Waals surface area contributed by atoms with Crippen LogP contribution in [0.1, 0.15) is 25.6 Å². The van der Waals surface area contributed by atoms with Gasteiger partial charge in [-0.25, -0.2) is 18.7 Å². The maximum atomic E-state index is 14.1. The van der Waals surface area contributed by atoms with Crippen LogP contribution in [-0.2, 0) is 5.41 Å². The van der Waals surface area contributed by atoms with Crippen LogP contribution in [0.4, 0.5) is 22.0 Å². The normalized spacial score (nSPS) is 12.4. The van der Waals surface area contributed by atoms with Gasteiger partial charge >= 0.3 is 6.36 Å². The highest BCUT2D eigenvalue weighted by Gasteiger charge is 2.33. The molecule has 0 bridgehead atoms. The molecule has 0 N–H and O–H groups in total. The average molecular weight is 497 g/mol. The maximum absolute atomic E-state index is 14.1. The molecule has 0 saturated heterocycles. The molecule has 0 aliphatic heterocycles. The van der Waals surface area contributed by atoms with Crippen LogP contribution < -0.4 is 4.74 Å². The Labute approximate surface area is 194 Å². The number of hydrogen-bond acceptors (Lipinski definition) is 5. The Morgan fingerprint density at radius 2 is 1.67 bits per heavy atom. The number of alkyl halides is 3. The minimum atomic E-state index is -4.85. The van der Waals surface area contributed by atoms with E-state index in [9.17, 15) is 22.0 Å². The fraction of sp³-hybridized carbons (Fsp3) is 0.217. The van der Waals surface area contributed by atoms with Crippen molar-refractivity contribution in [2.75, 3.05) is 0 Å². The molecule has 0 aliphatic carbocycles. The second kappa shape index (κ2) is 8.57. The molecule has 10 heteroatoms. The first-order chi connectivity index (χ1) is 15.4. The van der Waals surface area contributed by atoms with Crippen LogP contribution in [0.25, 0.3) is 21.3 Å². The molecule has 2 aromatic heterocycles. The number of rotatable bonds is 4. The van der Waals surface area contributed by atoms with Crippen molar-refractivity contribution in [2.24, 2.45) is 0 Å². The van der Waals surface area contributed by atoms with E-state index in [0.29, 0.717) is 26.4 Å². The topological polar surface area (TPSA) is 35.0 Å². The molecule has 0 unspecified atom stereocenters. The van der Waals surface area contributed by atoms with Crippen LogP contribution in [0.15, 0.2) is 58.7 Å². The summed E-state index contributed by atoms with van der Waals surface area (Å²) in [5.41, 5.74) is 0.686. The molecule has 0 spiro atoms. The monoisotopic (exact) mass is 496 g/mol. The third kappa shape index (κ3) is 4.96. The molecule has 3 nitrogen and oxygen atoms in total. The van der Waals surface area contributed by atoms with Crippen LogP contribution in [0.2, 0.25) is 0 Å². The Morgan fingerprint density at radius 1 is 0.939 bits per heavy atom. The first kappa shape index (κ1) is 23.4. The highest BCUT2D eigenvalue weighted by Crippen LogP contribution is 2.48. The van der Waals surface area contributed by atoms with E-state index >= 15 is 0 Å². The SMILES string of the molecule is CC(C)(C)c1sc2ncnc(Sc3ccccc3OC(F)(F)F)c2c1-c1ccc(F)c(F)c1. The molecule has 0 amide bonds. The van der Waals surface area contributed by atoms with E-state index in [4.69, 9.17) is 0 Å². The van der Waals surface area contributed by atoms with Crippen LogP contribution in [0.5, 0.6) is 5.75 Å². The van der Waals surface area contributed by atoms with Crippen molar-refractivity contribution in [1.29, 1.82) is 0 Å². The zero-order valence-electron chi connectivity index (χ0n) is 17.6. The summed E-state index contributed by atoms with van der Waals surface area (Å²) < 4.78 is 70.6. The number of benzene rings is 2. The Bertz CT molecular complexity index is 1330. The van der Waals surface area contributed by atoms with Gasteiger partial charge in [-0.2, -0.15) is 0 Å². The lowest BCUT2D eigenvalue weighted by Gasteiger charge is -2.19. The van der Waals surface area contributed by atoms with E-state index in [1.807, 2.05) is 20.8 Å². The predicted molar refractivity (Wildman–Crippen MR) is 119 cm³/mol. The zero-order chi connectivity index (χ0) is 24.0. The first-order valence-electron chi connectivity index (χ1n) is 9.70. The summed E-state index contributed by atoms with van der Waals surface area (Å²) in [6.07, 6.45) is -3.52. The van der Waals surface area contributed by atoms with E-state index in [1.54, 1.807) is 6.07 Å². The van der Waals surface area contributed by atoms with Gasteiger partial charge in [0, 0.05) is 10.4 Å². The van der Waals surface area contributed by atoms with Gasteiger partial charge in [0.25, 0.3) is 0 Å². The van der Waals surface area contributed by atoms with Gasteiger partial charge in [-0.05, 0) is 35.2 Å². The molecule has 0 atom stereocenters. The maximum Gasteiger partial charge on any atom is 0.573 e. The van der Waals surface area contributed by atoms with Crippen LogP contribution >= 0.6 is 23.1 Å². The van der Waals surface area contributed by atoms with Crippen LogP contribution in [0.3, 0.4) is 0 Å². The van der Waals surface area contributed by atoms with Crippen molar-refractivity contribution < 1.29 is 26.7 Å². The Balaban J connectivity index is 1.94. The van der Waals surface area contributed by atoms with Gasteiger partial charge in [-0.15, -0.1) is 24.5 Å². The highest BCUT2D eigenvalue weighted by atomic mass is 32.2. The third-order valence-electron chi connectivity index (χ3n) is 4.62. The van der Waals surface area contributed by atoms with Gasteiger partial charge in [0.15, 0.2) is 11.6 Å². The smallest absolute Gasteiger partial charge is 0.405 e. The summed E-state index contributed by atoms with van der Waals surface area (Å²) in [6.45, 7) is 5.94. The minimum Gasteiger partial charge on any atom is -0.405 e. The summed E-state index contributed by atoms with van der Waals surface area (Å²) in [4.78, 5) is 10.3. The molecule has 4 aromatic rings. The number of halogens is 5. The molecule has 2 heterocycles. The number of para-hydroxylation sites is 1. The van der Waals surface area contributed by atoms with E-state index in [-0.39, 0.29) is 16.1 Å². The fourth-order valence-corrected chi connectivity index (χ4v) is 5.54. The van der Waals surface area contributed by atoms with Crippen molar-refractivity contribution in [3.63, 3.8) is 0 Å². The Morgan fingerprint density at radius 3 is 2.33 bits per heavy atom. The number of ether oxygens (including phenoxy) is 1. The number of fused-ring (bicyclic) bond motifs is 1. The predicted octanol–water partition coefficient (Wildman–Crippen LogP) is 7.98. The minimum absolute atomic E-state index is 0.203. The number of aromatic nitrogens is 2. The van der Waals surface area contributed by atoms with Gasteiger partial charge < -0.3 is 4.74 Å². The lowest BCUT2D eigenvalue weighted by Crippen LogP contribution is -2.17. The molecular formula is C23H17F5N2OS2. The van der Waals surface area contributed by atoms with Crippen molar-refractivity contribution in [1.82, 2.24) is 9.97 Å². The molecule has 33 heavy (non-hydrogen) atoms. The molecule has 172 valence electrons. The number of hydrogen-bond donors (Lipinski definition) is 0. The van der Waals surface area contributed by atoms with E-state index < -0.39 is 18.0 Å². The van der Waals surface area contributed by atoms with Crippen LogP contribution in [-0.4, -0.2) is 16.3 Å². The number of nitrogens with zero attached hydrogens (tertiary/aromatic N) is 2. The summed E-state index contributed by atoms with van der Waals surface area (Å²) in [7, 11) is 0. The van der Waals surface area contributed by atoms with Gasteiger partial charge in [-0.3, -0.25) is 0 Å². The van der Waals surface area contributed by atoms with Crippen molar-refractivity contribution >= 4 is 33.3 Å². The molecule has 0 fully saturated rings. The summed E-state index contributed by atoms with van der Waals surface area (Å²) in [6, 6.07) is 9.37. The molecule has 0 radical (unpaired) electrons. The third-order valence-corrected chi connectivity index (χ3v) is 7.21. The van der Waals surface area contributed by atoms with Gasteiger partial charge in [0.2, 0.25) is 0 Å². The molecule has 4 rings (SSSR count). The lowest BCUT2D eigenvalue weighted by atomic mass is 9.88. The summed E-state index contributed by atoms with van der Waals surface area (Å²) in [5.74, 6) is -2.33. The van der Waals surface area contributed by atoms with Crippen LogP contribution in [0, 0.1) is 11.6 Å². The van der Waals surface area contributed by atoms with E-state index in [2.05, 4.69) is 14.7 Å². The molecule has 0 aliphatic rings. The zero-order valence-corrected chi connectivity index (χ0v) is 19.3. The van der Waals surface area contributed by atoms with E-state index in [0.717, 1.165) is 28.8 Å². The second-order valence-electron chi connectivity index (χ2n) is 8.14. The average Bonchev–Trinajstić information content (AvgIpc) is 3.12. The molecule has 2 aromatic carbocycles. The standard InChI is InChI=1S/C23H17F5N2OS2/c1-22(2,3)19-17(12-8-9-13(24)14(25)10-12)18-20(29-11-30-21(18)33-19)32-16-7-5-4-6-15(16)31-23(26,27)28/h4-11H,1-3H3. The second-order valence-corrected chi connectivity index (χ2v) is 10.2. The molecule has 0 saturated carbocycles. The van der Waals surface area contributed by atoms with Gasteiger partial charge in [0.05, 0.1) is 10.3 Å². The lowest BCUT2D eigenvalue weighted by molar-refractivity contribution is -0.275. The number of thiophene rings is 1. The van der Waals surface area contributed by atoms with Crippen molar-refractivity contribution in [3.8, 4) is 16.9 Å². The Hall–Kier alpha value is -2.72. The Kier molecular flexibility index (Phi) is 6.09. The quantitative estimate of drug-likeness (QED) is 0.212. The van der Waals surface area contributed by atoms with Crippen molar-refractivity contribution in [2.45, 2.75) is 42.5 Å². The van der Waals surface area contributed by atoms with E-state index in [1.165, 1.54) is 41.9 Å². The highest BCUT2D eigenvalue weighted by molar-refractivity contribution is 7.99. The summed E-state index contributed by atoms with van der Waals surface area (Å²) in [5, 5.41) is 0.940. The fourth-order valence-electron chi connectivity index (χ4n) is 3.29. The van der Waals surface area contributed by atoms with Gasteiger partial charge in [-0.1, -0.05) is 50.7 Å². The molecular weight excluding hydrogens is 479 g/mol. The van der Waals surface area contributed by atoms with Crippen molar-refractivity contribution in [3.05, 3.63) is 65.3 Å². The largest absolute Gasteiger partial charge is 0.573 e. The summed E-state index contributed by atoms with van der Waals surface area (Å²) >= 11 is 2.37. The first-order valence-corrected chi connectivity index (χ1v) is 11.3. The van der Waals surface area contributed by atoms with Gasteiger partial charge in [0.1, 0.15) is 21.9 Å².